The number of benzene rings is 2. The van der Waals surface area contributed by atoms with Gasteiger partial charge in [-0.3, -0.25) is 4.79 Å². The number of rotatable bonds is 10. The van der Waals surface area contributed by atoms with Gasteiger partial charge in [0, 0.05) is 11.4 Å². The second-order valence-electron chi connectivity index (χ2n) is 6.03. The van der Waals surface area contributed by atoms with Crippen LogP contribution in [0.1, 0.15) is 25.3 Å². The minimum Gasteiger partial charge on any atom is -0.493 e. The van der Waals surface area contributed by atoms with Crippen LogP contribution >= 0.6 is 11.6 Å². The van der Waals surface area contributed by atoms with Gasteiger partial charge in [0.1, 0.15) is 5.75 Å². The lowest BCUT2D eigenvalue weighted by atomic mass is 10.1. The van der Waals surface area contributed by atoms with Gasteiger partial charge in [-0.15, -0.1) is 0 Å². The molecule has 0 heterocycles. The summed E-state index contributed by atoms with van der Waals surface area (Å²) in [5, 5.41) is 3.40. The lowest BCUT2D eigenvalue weighted by Crippen LogP contribution is -2.14. The quantitative estimate of drug-likeness (QED) is 0.617. The molecule has 2 aromatic carbocycles. The number of halogens is 1. The summed E-state index contributed by atoms with van der Waals surface area (Å²) in [5.74, 6) is 2.09. The second kappa shape index (κ2) is 10.7. The molecule has 2 rings (SSSR count). The number of nitrogens with one attached hydrogen (secondary N) is 1. The Kier molecular flexibility index (Phi) is 8.26. The van der Waals surface area contributed by atoms with Gasteiger partial charge in [-0.25, -0.2) is 0 Å². The van der Waals surface area contributed by atoms with Crippen LogP contribution in [0.3, 0.4) is 0 Å². The minimum absolute atomic E-state index is 0.152. The van der Waals surface area contributed by atoms with E-state index in [2.05, 4.69) is 5.32 Å². The highest BCUT2D eigenvalue weighted by atomic mass is 35.5. The van der Waals surface area contributed by atoms with Gasteiger partial charge in [-0.1, -0.05) is 24.6 Å². The molecule has 7 heteroatoms. The number of hydrogen-bond donors (Lipinski definition) is 1. The van der Waals surface area contributed by atoms with Gasteiger partial charge in [0.2, 0.25) is 11.7 Å². The molecule has 0 saturated carbocycles. The Hall–Kier alpha value is -2.60. The largest absolute Gasteiger partial charge is 0.493 e. The third-order valence-electron chi connectivity index (χ3n) is 4.08. The molecular weight excluding hydrogens is 382 g/mol. The monoisotopic (exact) mass is 407 g/mol. The molecule has 0 aliphatic rings. The summed E-state index contributed by atoms with van der Waals surface area (Å²) in [6.45, 7) is 2.58. The number of ether oxygens (including phenoxy) is 4. The maximum Gasteiger partial charge on any atom is 0.224 e. The molecule has 28 heavy (non-hydrogen) atoms. The van der Waals surface area contributed by atoms with Crippen LogP contribution in [0.4, 0.5) is 5.69 Å². The molecule has 0 bridgehead atoms. The van der Waals surface area contributed by atoms with Crippen LogP contribution < -0.4 is 24.3 Å². The van der Waals surface area contributed by atoms with Crippen LogP contribution in [0.15, 0.2) is 30.3 Å². The molecule has 0 aromatic heterocycles. The average molecular weight is 408 g/mol. The van der Waals surface area contributed by atoms with E-state index in [4.69, 9.17) is 30.5 Å². The first-order valence-corrected chi connectivity index (χ1v) is 9.41. The van der Waals surface area contributed by atoms with Gasteiger partial charge in [0.05, 0.1) is 33.6 Å². The molecule has 0 spiro atoms. The maximum atomic E-state index is 12.5. The van der Waals surface area contributed by atoms with E-state index >= 15 is 0 Å². The van der Waals surface area contributed by atoms with Crippen LogP contribution in [0, 0.1) is 0 Å². The van der Waals surface area contributed by atoms with E-state index in [-0.39, 0.29) is 12.3 Å². The first-order valence-electron chi connectivity index (χ1n) is 9.04. The predicted octanol–water partition coefficient (Wildman–Crippen LogP) is 4.73. The lowest BCUT2D eigenvalue weighted by molar-refractivity contribution is -0.116. The Labute approximate surface area is 170 Å². The lowest BCUT2D eigenvalue weighted by Gasteiger charge is -2.16. The Bertz CT molecular complexity index is 810. The summed E-state index contributed by atoms with van der Waals surface area (Å²) >= 11 is 6.06. The van der Waals surface area contributed by atoms with Crippen LogP contribution in [-0.2, 0) is 11.2 Å². The number of aryl methyl sites for hydroxylation is 1. The number of carbonyl (C=O) groups is 1. The zero-order valence-corrected chi connectivity index (χ0v) is 17.4. The zero-order valence-electron chi connectivity index (χ0n) is 16.6. The highest BCUT2D eigenvalue weighted by Gasteiger charge is 2.17. The van der Waals surface area contributed by atoms with Crippen molar-refractivity contribution in [1.29, 1.82) is 0 Å². The van der Waals surface area contributed by atoms with E-state index < -0.39 is 0 Å². The molecule has 0 aliphatic carbocycles. The van der Waals surface area contributed by atoms with E-state index in [1.807, 2.05) is 13.0 Å². The highest BCUT2D eigenvalue weighted by molar-refractivity contribution is 6.31. The van der Waals surface area contributed by atoms with Gasteiger partial charge in [-0.2, -0.15) is 0 Å². The second-order valence-corrected chi connectivity index (χ2v) is 6.47. The van der Waals surface area contributed by atoms with Crippen molar-refractivity contribution >= 4 is 23.2 Å². The molecule has 0 aliphatic heterocycles. The molecule has 6 nitrogen and oxygen atoms in total. The third kappa shape index (κ3) is 5.45. The van der Waals surface area contributed by atoms with Crippen molar-refractivity contribution in [3.05, 3.63) is 40.9 Å². The molecule has 2 aromatic rings. The fourth-order valence-corrected chi connectivity index (χ4v) is 2.93. The summed E-state index contributed by atoms with van der Waals surface area (Å²) in [5.41, 5.74) is 1.41. The predicted molar refractivity (Wildman–Crippen MR) is 110 cm³/mol. The summed E-state index contributed by atoms with van der Waals surface area (Å²) in [7, 11) is 4.67. The van der Waals surface area contributed by atoms with E-state index in [9.17, 15) is 4.79 Å². The molecule has 0 radical (unpaired) electrons. The van der Waals surface area contributed by atoms with E-state index in [0.717, 1.165) is 12.0 Å². The number of anilines is 1. The van der Waals surface area contributed by atoms with Crippen molar-refractivity contribution in [2.24, 2.45) is 0 Å². The van der Waals surface area contributed by atoms with Crippen molar-refractivity contribution < 1.29 is 23.7 Å². The average Bonchev–Trinajstić information content (AvgIpc) is 2.70. The Morgan fingerprint density at radius 3 is 2.36 bits per heavy atom. The molecule has 1 N–H and O–H groups in total. The van der Waals surface area contributed by atoms with Gasteiger partial charge in [0.15, 0.2) is 11.5 Å². The molecule has 152 valence electrons. The number of methoxy groups -OCH3 is 3. The standard InChI is InChI=1S/C21H26ClNO5/c1-5-12-28-17-10-8-15(22)13-16(17)23-19(24)11-7-14-6-9-18(25-2)21(27-4)20(14)26-3/h6,8-10,13H,5,7,11-12H2,1-4H3,(H,23,24). The van der Waals surface area contributed by atoms with Gasteiger partial charge in [-0.05, 0) is 42.7 Å². The number of amides is 1. The number of carbonyl (C=O) groups excluding carboxylic acids is 1. The maximum absolute atomic E-state index is 12.5. The minimum atomic E-state index is -0.152. The molecule has 0 saturated heterocycles. The molecule has 1 amide bonds. The van der Waals surface area contributed by atoms with Crippen LogP contribution in [0.5, 0.6) is 23.0 Å². The fraction of sp³-hybridized carbons (Fsp3) is 0.381. The first-order chi connectivity index (χ1) is 13.5. The van der Waals surface area contributed by atoms with E-state index in [0.29, 0.717) is 46.7 Å². The molecule has 0 fully saturated rings. The van der Waals surface area contributed by atoms with E-state index in [1.165, 1.54) is 0 Å². The fourth-order valence-electron chi connectivity index (χ4n) is 2.76. The van der Waals surface area contributed by atoms with E-state index in [1.54, 1.807) is 45.6 Å². The molecular formula is C21H26ClNO5. The van der Waals surface area contributed by atoms with Crippen LogP contribution in [0.25, 0.3) is 0 Å². The summed E-state index contributed by atoms with van der Waals surface area (Å²) in [6, 6.07) is 8.83. The third-order valence-corrected chi connectivity index (χ3v) is 4.32. The topological polar surface area (TPSA) is 66.0 Å². The van der Waals surface area contributed by atoms with Crippen LogP contribution in [0.2, 0.25) is 5.02 Å². The van der Waals surface area contributed by atoms with Crippen molar-refractivity contribution in [1.82, 2.24) is 0 Å². The van der Waals surface area contributed by atoms with Crippen LogP contribution in [-0.4, -0.2) is 33.8 Å². The van der Waals surface area contributed by atoms with Crippen molar-refractivity contribution in [3.63, 3.8) is 0 Å². The Morgan fingerprint density at radius 2 is 1.71 bits per heavy atom. The number of hydrogen-bond acceptors (Lipinski definition) is 5. The summed E-state index contributed by atoms with van der Waals surface area (Å²) in [6.07, 6.45) is 1.60. The molecule has 0 unspecified atom stereocenters. The zero-order chi connectivity index (χ0) is 20.5. The smallest absolute Gasteiger partial charge is 0.224 e. The van der Waals surface area contributed by atoms with Gasteiger partial charge >= 0.3 is 0 Å². The van der Waals surface area contributed by atoms with Gasteiger partial charge < -0.3 is 24.3 Å². The Morgan fingerprint density at radius 1 is 1.00 bits per heavy atom. The van der Waals surface area contributed by atoms with Crippen molar-refractivity contribution in [2.45, 2.75) is 26.2 Å². The SMILES string of the molecule is CCCOc1ccc(Cl)cc1NC(=O)CCc1ccc(OC)c(OC)c1OC. The first kappa shape index (κ1) is 21.7. The summed E-state index contributed by atoms with van der Waals surface area (Å²) < 4.78 is 21.8. The van der Waals surface area contributed by atoms with Crippen molar-refractivity contribution in [2.75, 3.05) is 33.3 Å². The van der Waals surface area contributed by atoms with Crippen molar-refractivity contribution in [3.8, 4) is 23.0 Å². The van der Waals surface area contributed by atoms with Gasteiger partial charge in [0.25, 0.3) is 0 Å². The summed E-state index contributed by atoms with van der Waals surface area (Å²) in [4.78, 5) is 12.5. The normalized spacial score (nSPS) is 10.3. The Balaban J connectivity index is 2.10. The highest BCUT2D eigenvalue weighted by Crippen LogP contribution is 2.40. The molecule has 0 atom stereocenters.